The van der Waals surface area contributed by atoms with Crippen LogP contribution in [-0.2, 0) is 16.1 Å². The minimum absolute atomic E-state index is 0.174. The number of nitrogens with one attached hydrogen (secondary N) is 2. The topological polar surface area (TPSA) is 78.5 Å². The van der Waals surface area contributed by atoms with E-state index < -0.39 is 17.5 Å². The van der Waals surface area contributed by atoms with Gasteiger partial charge in [0.25, 0.3) is 5.91 Å². The highest BCUT2D eigenvalue weighted by Crippen LogP contribution is 2.43. The van der Waals surface area contributed by atoms with Crippen LogP contribution in [0.3, 0.4) is 0 Å². The highest BCUT2D eigenvalue weighted by atomic mass is 19.1. The van der Waals surface area contributed by atoms with Crippen molar-refractivity contribution in [3.05, 3.63) is 35.6 Å². The first-order chi connectivity index (χ1) is 13.1. The summed E-state index contributed by atoms with van der Waals surface area (Å²) in [5.74, 6) is -0.563. The second-order valence-electron chi connectivity index (χ2n) is 8.95. The van der Waals surface area contributed by atoms with Gasteiger partial charge in [0.2, 0.25) is 5.91 Å². The predicted molar refractivity (Wildman–Crippen MR) is 103 cm³/mol. The monoisotopic (exact) mass is 389 g/mol. The molecule has 7 heteroatoms. The van der Waals surface area contributed by atoms with Crippen molar-refractivity contribution >= 4 is 17.8 Å². The second-order valence-corrected chi connectivity index (χ2v) is 8.95. The van der Waals surface area contributed by atoms with Crippen LogP contribution in [-0.4, -0.2) is 34.8 Å². The Morgan fingerprint density at radius 3 is 2.39 bits per heavy atom. The molecule has 0 atom stereocenters. The lowest BCUT2D eigenvalue weighted by Gasteiger charge is -2.40. The van der Waals surface area contributed by atoms with Crippen molar-refractivity contribution in [3.8, 4) is 0 Å². The zero-order valence-electron chi connectivity index (χ0n) is 16.7. The van der Waals surface area contributed by atoms with E-state index in [-0.39, 0.29) is 30.2 Å². The zero-order valence-corrected chi connectivity index (χ0v) is 16.7. The van der Waals surface area contributed by atoms with E-state index in [9.17, 15) is 18.8 Å². The van der Waals surface area contributed by atoms with Gasteiger partial charge >= 0.3 is 6.03 Å². The van der Waals surface area contributed by atoms with Crippen molar-refractivity contribution < 1.29 is 18.8 Å². The molecule has 3 rings (SSSR count). The fourth-order valence-corrected chi connectivity index (χ4v) is 4.14. The lowest BCUT2D eigenvalue weighted by molar-refractivity contribution is -0.136. The van der Waals surface area contributed by atoms with Gasteiger partial charge in [0.05, 0.1) is 0 Å². The molecule has 0 aromatic heterocycles. The zero-order chi connectivity index (χ0) is 20.5. The number of nitrogens with zero attached hydrogens (tertiary/aromatic N) is 1. The quantitative estimate of drug-likeness (QED) is 0.777. The minimum Gasteiger partial charge on any atom is -0.350 e. The fourth-order valence-electron chi connectivity index (χ4n) is 4.14. The molecule has 1 aromatic carbocycles. The van der Waals surface area contributed by atoms with E-state index >= 15 is 0 Å². The fraction of sp³-hybridized carbons (Fsp3) is 0.571. The molecule has 1 aliphatic carbocycles. The Morgan fingerprint density at radius 1 is 1.21 bits per heavy atom. The van der Waals surface area contributed by atoms with Gasteiger partial charge in [0.15, 0.2) is 0 Å². The van der Waals surface area contributed by atoms with Gasteiger partial charge in [-0.3, -0.25) is 14.5 Å². The van der Waals surface area contributed by atoms with Crippen LogP contribution in [0.2, 0.25) is 0 Å². The summed E-state index contributed by atoms with van der Waals surface area (Å²) in [6, 6.07) is 5.28. The van der Waals surface area contributed by atoms with Crippen molar-refractivity contribution in [3.63, 3.8) is 0 Å². The number of amides is 4. The van der Waals surface area contributed by atoms with Crippen LogP contribution in [0.1, 0.15) is 52.0 Å². The van der Waals surface area contributed by atoms with Crippen molar-refractivity contribution in [1.29, 1.82) is 0 Å². The number of rotatable bonds is 4. The van der Waals surface area contributed by atoms with Gasteiger partial charge in [-0.1, -0.05) is 32.9 Å². The third-order valence-corrected chi connectivity index (χ3v) is 6.01. The third kappa shape index (κ3) is 4.18. The molecule has 6 nitrogen and oxygen atoms in total. The van der Waals surface area contributed by atoms with Crippen LogP contribution in [0.25, 0.3) is 0 Å². The molecular weight excluding hydrogens is 361 g/mol. The molecule has 2 aliphatic rings. The Morgan fingerprint density at radius 2 is 1.82 bits per heavy atom. The summed E-state index contributed by atoms with van der Waals surface area (Å²) in [5.41, 5.74) is 0.0485. The highest BCUT2D eigenvalue weighted by Gasteiger charge is 2.53. The molecule has 28 heavy (non-hydrogen) atoms. The molecule has 0 bridgehead atoms. The molecule has 1 saturated carbocycles. The number of hydrogen-bond acceptors (Lipinski definition) is 3. The van der Waals surface area contributed by atoms with E-state index in [0.29, 0.717) is 18.8 Å². The van der Waals surface area contributed by atoms with Crippen molar-refractivity contribution in [2.45, 2.75) is 58.5 Å². The maximum Gasteiger partial charge on any atom is 0.325 e. The molecule has 2 N–H and O–H groups in total. The van der Waals surface area contributed by atoms with Crippen LogP contribution in [0.4, 0.5) is 9.18 Å². The molecule has 4 amide bonds. The van der Waals surface area contributed by atoms with Crippen LogP contribution in [0.5, 0.6) is 0 Å². The van der Waals surface area contributed by atoms with Gasteiger partial charge in [-0.05, 0) is 54.7 Å². The molecule has 1 aliphatic heterocycles. The van der Waals surface area contributed by atoms with E-state index in [4.69, 9.17) is 0 Å². The summed E-state index contributed by atoms with van der Waals surface area (Å²) < 4.78 is 12.9. The molecule has 152 valence electrons. The maximum absolute atomic E-state index is 12.9. The SMILES string of the molecule is CC(C)(C)C1CCC2(CC1)NC(=O)N(CC(=O)NCc1ccc(F)cc1)C2=O. The molecule has 2 fully saturated rings. The normalized spacial score (nSPS) is 25.1. The van der Waals surface area contributed by atoms with E-state index in [1.807, 2.05) is 0 Å². The number of urea groups is 1. The van der Waals surface area contributed by atoms with Crippen molar-refractivity contribution in [2.24, 2.45) is 11.3 Å². The van der Waals surface area contributed by atoms with Gasteiger partial charge in [0, 0.05) is 6.54 Å². The predicted octanol–water partition coefficient (Wildman–Crippen LogP) is 2.97. The Hall–Kier alpha value is -2.44. The molecule has 1 heterocycles. The lowest BCUT2D eigenvalue weighted by atomic mass is 9.67. The number of halogens is 1. The van der Waals surface area contributed by atoms with Crippen LogP contribution >= 0.6 is 0 Å². The first-order valence-electron chi connectivity index (χ1n) is 9.76. The average Bonchev–Trinajstić information content (AvgIpc) is 2.85. The molecule has 1 aromatic rings. The number of carbonyl (C=O) groups excluding carboxylic acids is 3. The molecule has 0 unspecified atom stereocenters. The summed E-state index contributed by atoms with van der Waals surface area (Å²) in [7, 11) is 0. The van der Waals surface area contributed by atoms with Gasteiger partial charge in [-0.25, -0.2) is 9.18 Å². The van der Waals surface area contributed by atoms with Gasteiger partial charge in [-0.2, -0.15) is 0 Å². The first kappa shape index (κ1) is 20.3. The molecule has 1 spiro atoms. The Kier molecular flexibility index (Phi) is 5.46. The van der Waals surface area contributed by atoms with Crippen molar-refractivity contribution in [1.82, 2.24) is 15.5 Å². The standard InChI is InChI=1S/C21H28FN3O3/c1-20(2,3)15-8-10-21(11-9-15)18(27)25(19(28)24-21)13-17(26)23-12-14-4-6-16(22)7-5-14/h4-7,15H,8-13H2,1-3H3,(H,23,26)(H,24,28). The average molecular weight is 389 g/mol. The molecule has 1 saturated heterocycles. The molecular formula is C21H28FN3O3. The number of carbonyl (C=O) groups is 3. The smallest absolute Gasteiger partial charge is 0.325 e. The van der Waals surface area contributed by atoms with Crippen LogP contribution < -0.4 is 10.6 Å². The summed E-state index contributed by atoms with van der Waals surface area (Å²) >= 11 is 0. The summed E-state index contributed by atoms with van der Waals surface area (Å²) in [4.78, 5) is 38.5. The third-order valence-electron chi connectivity index (χ3n) is 6.01. The van der Waals surface area contributed by atoms with Crippen molar-refractivity contribution in [2.75, 3.05) is 6.54 Å². The summed E-state index contributed by atoms with van der Waals surface area (Å²) in [6.07, 6.45) is 2.96. The van der Waals surface area contributed by atoms with E-state index in [1.165, 1.54) is 12.1 Å². The Labute approximate surface area is 164 Å². The summed E-state index contributed by atoms with van der Waals surface area (Å²) in [6.45, 7) is 6.49. The lowest BCUT2D eigenvalue weighted by Crippen LogP contribution is -2.51. The Bertz CT molecular complexity index is 762. The van der Waals surface area contributed by atoms with Gasteiger partial charge in [-0.15, -0.1) is 0 Å². The van der Waals surface area contributed by atoms with Gasteiger partial charge < -0.3 is 10.6 Å². The Balaban J connectivity index is 1.56. The minimum atomic E-state index is -0.865. The van der Waals surface area contributed by atoms with E-state index in [0.717, 1.165) is 23.3 Å². The van der Waals surface area contributed by atoms with E-state index in [2.05, 4.69) is 31.4 Å². The number of hydrogen-bond donors (Lipinski definition) is 2. The van der Waals surface area contributed by atoms with Crippen LogP contribution in [0.15, 0.2) is 24.3 Å². The molecule has 0 radical (unpaired) electrons. The van der Waals surface area contributed by atoms with Crippen LogP contribution in [0, 0.1) is 17.2 Å². The number of imide groups is 1. The largest absolute Gasteiger partial charge is 0.350 e. The highest BCUT2D eigenvalue weighted by molar-refractivity contribution is 6.09. The first-order valence-corrected chi connectivity index (χ1v) is 9.76. The van der Waals surface area contributed by atoms with Gasteiger partial charge in [0.1, 0.15) is 17.9 Å². The number of benzene rings is 1. The van der Waals surface area contributed by atoms with E-state index in [1.54, 1.807) is 12.1 Å². The maximum atomic E-state index is 12.9. The summed E-state index contributed by atoms with van der Waals surface area (Å²) in [5, 5.41) is 5.51. The second kappa shape index (κ2) is 7.53.